The summed E-state index contributed by atoms with van der Waals surface area (Å²) in [5.74, 6) is -0.251. The van der Waals surface area contributed by atoms with Gasteiger partial charge >= 0.3 is 5.69 Å². The number of aromatic nitrogens is 2. The molecule has 0 atom stereocenters. The van der Waals surface area contributed by atoms with Gasteiger partial charge in [-0.25, -0.2) is 4.79 Å². The second-order valence-corrected chi connectivity index (χ2v) is 3.72. The van der Waals surface area contributed by atoms with Crippen LogP contribution in [0, 0.1) is 6.92 Å². The first kappa shape index (κ1) is 12.2. The van der Waals surface area contributed by atoms with Crippen LogP contribution >= 0.6 is 0 Å². The molecule has 0 bridgehead atoms. The van der Waals surface area contributed by atoms with Gasteiger partial charge in [-0.3, -0.25) is 18.7 Å². The number of hydrogen-bond acceptors (Lipinski definition) is 3. The number of hydrogen-bond donors (Lipinski definition) is 0. The molecule has 1 aromatic rings. The molecule has 0 saturated carbocycles. The summed E-state index contributed by atoms with van der Waals surface area (Å²) in [6, 6.07) is 0. The van der Waals surface area contributed by atoms with Crippen LogP contribution < -0.4 is 16.1 Å². The van der Waals surface area contributed by atoms with Gasteiger partial charge in [-0.05, 0) is 6.92 Å². The Labute approximate surface area is 92.7 Å². The van der Waals surface area contributed by atoms with E-state index < -0.39 is 11.2 Å². The van der Waals surface area contributed by atoms with E-state index in [1.165, 1.54) is 30.5 Å². The largest absolute Gasteiger partial charge is 0.330 e. The van der Waals surface area contributed by atoms with E-state index in [0.717, 1.165) is 4.57 Å². The molecule has 16 heavy (non-hydrogen) atoms. The minimum atomic E-state index is -0.460. The molecule has 0 fully saturated rings. The number of anilines is 1. The van der Waals surface area contributed by atoms with Crippen molar-refractivity contribution in [2.45, 2.75) is 13.8 Å². The summed E-state index contributed by atoms with van der Waals surface area (Å²) in [7, 11) is 4.46. The standard InChI is InChI=1S/C10H15N3O3/c1-6-8(12(4)7(2)14)9(15)13(5)10(16)11(6)3/h1-5H3. The van der Waals surface area contributed by atoms with E-state index in [1.807, 2.05) is 0 Å². The van der Waals surface area contributed by atoms with Gasteiger partial charge in [-0.1, -0.05) is 0 Å². The predicted molar refractivity (Wildman–Crippen MR) is 60.7 cm³/mol. The second-order valence-electron chi connectivity index (χ2n) is 3.72. The highest BCUT2D eigenvalue weighted by molar-refractivity contribution is 5.91. The van der Waals surface area contributed by atoms with Gasteiger partial charge < -0.3 is 4.90 Å². The molecule has 0 aliphatic rings. The lowest BCUT2D eigenvalue weighted by Crippen LogP contribution is -2.42. The maximum Gasteiger partial charge on any atom is 0.330 e. The lowest BCUT2D eigenvalue weighted by atomic mass is 10.3. The quantitative estimate of drug-likeness (QED) is 0.639. The molecule has 1 amide bonds. The fraction of sp³-hybridized carbons (Fsp3) is 0.500. The molecule has 1 aromatic heterocycles. The number of carbonyl (C=O) groups is 1. The molecule has 0 aliphatic heterocycles. The number of carbonyl (C=O) groups excluding carboxylic acids is 1. The van der Waals surface area contributed by atoms with Gasteiger partial charge in [0.2, 0.25) is 5.91 Å². The van der Waals surface area contributed by atoms with Gasteiger partial charge in [0.15, 0.2) is 0 Å². The van der Waals surface area contributed by atoms with Crippen molar-refractivity contribution < 1.29 is 4.79 Å². The van der Waals surface area contributed by atoms with Crippen molar-refractivity contribution in [2.75, 3.05) is 11.9 Å². The summed E-state index contributed by atoms with van der Waals surface area (Å²) in [5, 5.41) is 0. The molecular weight excluding hydrogens is 210 g/mol. The van der Waals surface area contributed by atoms with Crippen molar-refractivity contribution in [2.24, 2.45) is 14.1 Å². The van der Waals surface area contributed by atoms with Crippen LogP contribution in [0.5, 0.6) is 0 Å². The highest BCUT2D eigenvalue weighted by Gasteiger charge is 2.17. The molecule has 0 N–H and O–H groups in total. The van der Waals surface area contributed by atoms with Crippen molar-refractivity contribution in [3.63, 3.8) is 0 Å². The lowest BCUT2D eigenvalue weighted by molar-refractivity contribution is -0.116. The minimum Gasteiger partial charge on any atom is -0.309 e. The predicted octanol–water partition coefficient (Wildman–Crippen LogP) is -0.625. The molecule has 1 rings (SSSR count). The normalized spacial score (nSPS) is 10.3. The van der Waals surface area contributed by atoms with Crippen molar-refractivity contribution in [3.8, 4) is 0 Å². The van der Waals surface area contributed by atoms with Crippen LogP contribution in [0.2, 0.25) is 0 Å². The number of amides is 1. The van der Waals surface area contributed by atoms with E-state index in [4.69, 9.17) is 0 Å². The van der Waals surface area contributed by atoms with Crippen molar-refractivity contribution in [1.82, 2.24) is 9.13 Å². The van der Waals surface area contributed by atoms with E-state index >= 15 is 0 Å². The van der Waals surface area contributed by atoms with Crippen LogP contribution in [0.25, 0.3) is 0 Å². The van der Waals surface area contributed by atoms with E-state index in [1.54, 1.807) is 14.0 Å². The first-order chi connectivity index (χ1) is 7.29. The monoisotopic (exact) mass is 225 g/mol. The fourth-order valence-corrected chi connectivity index (χ4v) is 1.47. The van der Waals surface area contributed by atoms with Crippen LogP contribution in [0.4, 0.5) is 5.69 Å². The van der Waals surface area contributed by atoms with Crippen LogP contribution in [0.1, 0.15) is 12.6 Å². The zero-order valence-electron chi connectivity index (χ0n) is 10.1. The number of nitrogens with zero attached hydrogens (tertiary/aromatic N) is 3. The van der Waals surface area contributed by atoms with E-state index in [0.29, 0.717) is 5.69 Å². The molecular formula is C10H15N3O3. The van der Waals surface area contributed by atoms with Gasteiger partial charge in [-0.15, -0.1) is 0 Å². The molecule has 0 radical (unpaired) electrons. The Hall–Kier alpha value is -1.85. The van der Waals surface area contributed by atoms with Gasteiger partial charge in [0, 0.05) is 33.8 Å². The fourth-order valence-electron chi connectivity index (χ4n) is 1.47. The smallest absolute Gasteiger partial charge is 0.309 e. The highest BCUT2D eigenvalue weighted by atomic mass is 16.2. The van der Waals surface area contributed by atoms with Gasteiger partial charge in [0.05, 0.1) is 0 Å². The first-order valence-corrected chi connectivity index (χ1v) is 4.80. The summed E-state index contributed by atoms with van der Waals surface area (Å²) in [6.45, 7) is 3.00. The molecule has 6 nitrogen and oxygen atoms in total. The number of rotatable bonds is 1. The van der Waals surface area contributed by atoms with E-state index in [-0.39, 0.29) is 11.6 Å². The maximum absolute atomic E-state index is 11.9. The Morgan fingerprint density at radius 2 is 1.69 bits per heavy atom. The average Bonchev–Trinajstić information content (AvgIpc) is 2.23. The van der Waals surface area contributed by atoms with Crippen molar-refractivity contribution in [3.05, 3.63) is 26.5 Å². The third-order valence-corrected chi connectivity index (χ3v) is 2.73. The lowest BCUT2D eigenvalue weighted by Gasteiger charge is -2.19. The zero-order valence-corrected chi connectivity index (χ0v) is 10.1. The Morgan fingerprint density at radius 1 is 1.19 bits per heavy atom. The molecule has 0 aliphatic carbocycles. The van der Waals surface area contributed by atoms with Gasteiger partial charge in [0.1, 0.15) is 5.69 Å². The van der Waals surface area contributed by atoms with Crippen LogP contribution in [0.15, 0.2) is 9.59 Å². The van der Waals surface area contributed by atoms with Crippen LogP contribution in [-0.4, -0.2) is 22.1 Å². The third-order valence-electron chi connectivity index (χ3n) is 2.73. The van der Waals surface area contributed by atoms with Crippen LogP contribution in [0.3, 0.4) is 0 Å². The molecule has 0 unspecified atom stereocenters. The van der Waals surface area contributed by atoms with Crippen molar-refractivity contribution in [1.29, 1.82) is 0 Å². The Kier molecular flexibility index (Phi) is 3.02. The zero-order chi connectivity index (χ0) is 12.6. The van der Waals surface area contributed by atoms with Gasteiger partial charge in [-0.2, -0.15) is 0 Å². The first-order valence-electron chi connectivity index (χ1n) is 4.80. The summed E-state index contributed by atoms with van der Waals surface area (Å²) in [5.41, 5.74) is -0.149. The maximum atomic E-state index is 11.9. The summed E-state index contributed by atoms with van der Waals surface area (Å²) in [6.07, 6.45) is 0. The molecule has 6 heteroatoms. The Morgan fingerprint density at radius 3 is 2.12 bits per heavy atom. The Bertz CT molecular complexity index is 554. The SMILES string of the molecule is CC(=O)N(C)c1c(C)n(C)c(=O)n(C)c1=O. The third kappa shape index (κ3) is 1.66. The average molecular weight is 225 g/mol. The molecule has 88 valence electrons. The summed E-state index contributed by atoms with van der Waals surface area (Å²) >= 11 is 0. The van der Waals surface area contributed by atoms with E-state index in [2.05, 4.69) is 0 Å². The highest BCUT2D eigenvalue weighted by Crippen LogP contribution is 2.10. The molecule has 0 aromatic carbocycles. The molecule has 0 saturated heterocycles. The Balaban J connectivity index is 3.72. The summed E-state index contributed by atoms with van der Waals surface area (Å²) in [4.78, 5) is 35.9. The van der Waals surface area contributed by atoms with Crippen LogP contribution in [-0.2, 0) is 18.9 Å². The minimum absolute atomic E-state index is 0.233. The second kappa shape index (κ2) is 3.96. The molecule has 1 heterocycles. The molecule has 0 spiro atoms. The van der Waals surface area contributed by atoms with Crippen molar-refractivity contribution >= 4 is 11.6 Å². The van der Waals surface area contributed by atoms with E-state index in [9.17, 15) is 14.4 Å². The topological polar surface area (TPSA) is 64.3 Å². The van der Waals surface area contributed by atoms with Gasteiger partial charge in [0.25, 0.3) is 5.56 Å². The summed E-state index contributed by atoms with van der Waals surface area (Å²) < 4.78 is 2.33.